The van der Waals surface area contributed by atoms with E-state index in [1.807, 2.05) is 0 Å². The van der Waals surface area contributed by atoms with Crippen LogP contribution in [0.5, 0.6) is 17.2 Å². The van der Waals surface area contributed by atoms with Crippen molar-refractivity contribution in [2.24, 2.45) is 0 Å². The van der Waals surface area contributed by atoms with Crippen LogP contribution < -0.4 is 30.8 Å². The Hall–Kier alpha value is -3.40. The summed E-state index contributed by atoms with van der Waals surface area (Å²) in [4.78, 5) is 26.8. The maximum Gasteiger partial charge on any atom is 0.332 e. The second-order valence-corrected chi connectivity index (χ2v) is 7.77. The van der Waals surface area contributed by atoms with E-state index in [0.717, 1.165) is 4.57 Å². The van der Waals surface area contributed by atoms with Crippen LogP contribution in [0.3, 0.4) is 0 Å². The SMILES string of the molecule is COc1ccc(Cn2c(=O)c3cc(OC(CF)CF)ccc3n(C3CNC3)c2=O)cc1OC. The normalized spacial score (nSPS) is 13.8. The zero-order chi connectivity index (χ0) is 23.5. The molecule has 1 aliphatic rings. The number of nitrogens with one attached hydrogen (secondary N) is 1. The zero-order valence-electron chi connectivity index (χ0n) is 18.3. The number of ether oxygens (including phenoxy) is 3. The van der Waals surface area contributed by atoms with Crippen molar-refractivity contribution in [3.63, 3.8) is 0 Å². The first kappa shape index (κ1) is 22.8. The summed E-state index contributed by atoms with van der Waals surface area (Å²) in [6.07, 6.45) is -1.25. The van der Waals surface area contributed by atoms with Crippen LogP contribution >= 0.6 is 0 Å². The lowest BCUT2D eigenvalue weighted by Crippen LogP contribution is -2.51. The van der Waals surface area contributed by atoms with Gasteiger partial charge in [-0.15, -0.1) is 0 Å². The zero-order valence-corrected chi connectivity index (χ0v) is 18.3. The maximum absolute atomic E-state index is 13.4. The lowest BCUT2D eigenvalue weighted by molar-refractivity contribution is 0.134. The standard InChI is InChI=1S/C23H25F2N3O5/c1-31-20-6-3-14(7-21(20)32-2)13-27-22(29)18-8-16(33-17(9-24)10-25)4-5-19(18)28(23(27)30)15-11-26-12-15/h3-8,15,17,26H,9-13H2,1-2H3. The van der Waals surface area contributed by atoms with Crippen LogP contribution in [0.2, 0.25) is 0 Å². The lowest BCUT2D eigenvalue weighted by atomic mass is 10.1. The van der Waals surface area contributed by atoms with Gasteiger partial charge in [-0.25, -0.2) is 13.6 Å². The van der Waals surface area contributed by atoms with Gasteiger partial charge in [0, 0.05) is 13.1 Å². The number of rotatable bonds is 9. The highest BCUT2D eigenvalue weighted by atomic mass is 19.1. The Bertz CT molecular complexity index is 1270. The molecule has 0 radical (unpaired) electrons. The second kappa shape index (κ2) is 9.62. The Labute approximate surface area is 188 Å². The molecule has 2 heterocycles. The Morgan fingerprint density at radius 3 is 2.36 bits per heavy atom. The fourth-order valence-electron chi connectivity index (χ4n) is 3.84. The van der Waals surface area contributed by atoms with Crippen LogP contribution in [-0.2, 0) is 6.54 Å². The summed E-state index contributed by atoms with van der Waals surface area (Å²) >= 11 is 0. The van der Waals surface area contributed by atoms with Crippen molar-refractivity contribution >= 4 is 10.9 Å². The average Bonchev–Trinajstić information content (AvgIpc) is 2.81. The number of alkyl halides is 2. The molecule has 33 heavy (non-hydrogen) atoms. The van der Waals surface area contributed by atoms with E-state index >= 15 is 0 Å². The highest BCUT2D eigenvalue weighted by molar-refractivity contribution is 5.80. The van der Waals surface area contributed by atoms with Crippen molar-refractivity contribution in [1.29, 1.82) is 0 Å². The van der Waals surface area contributed by atoms with Crippen LogP contribution in [0.15, 0.2) is 46.0 Å². The fourth-order valence-corrected chi connectivity index (χ4v) is 3.84. The molecule has 0 amide bonds. The number of halogens is 2. The predicted octanol–water partition coefficient (Wildman–Crippen LogP) is 2.06. The number of fused-ring (bicyclic) bond motifs is 1. The molecular formula is C23H25F2N3O5. The van der Waals surface area contributed by atoms with E-state index in [9.17, 15) is 18.4 Å². The average molecular weight is 461 g/mol. The summed E-state index contributed by atoms with van der Waals surface area (Å²) in [5.74, 6) is 1.17. The van der Waals surface area contributed by atoms with Crippen LogP contribution in [0.1, 0.15) is 11.6 Å². The Morgan fingerprint density at radius 2 is 1.76 bits per heavy atom. The fraction of sp³-hybridized carbons (Fsp3) is 0.391. The van der Waals surface area contributed by atoms with Gasteiger partial charge in [0.1, 0.15) is 19.1 Å². The molecule has 10 heteroatoms. The van der Waals surface area contributed by atoms with Gasteiger partial charge in [-0.3, -0.25) is 13.9 Å². The van der Waals surface area contributed by atoms with Gasteiger partial charge in [0.25, 0.3) is 5.56 Å². The molecule has 0 atom stereocenters. The van der Waals surface area contributed by atoms with E-state index in [-0.39, 0.29) is 23.7 Å². The molecule has 0 saturated carbocycles. The molecule has 1 aliphatic heterocycles. The summed E-state index contributed by atoms with van der Waals surface area (Å²) in [6, 6.07) is 9.57. The van der Waals surface area contributed by atoms with Crippen molar-refractivity contribution in [3.05, 3.63) is 62.8 Å². The van der Waals surface area contributed by atoms with E-state index in [0.29, 0.717) is 35.7 Å². The van der Waals surface area contributed by atoms with Crippen molar-refractivity contribution in [1.82, 2.24) is 14.5 Å². The van der Waals surface area contributed by atoms with Crippen LogP contribution in [-0.4, -0.2) is 55.9 Å². The van der Waals surface area contributed by atoms with Gasteiger partial charge in [0.05, 0.1) is 37.7 Å². The first-order valence-corrected chi connectivity index (χ1v) is 10.5. The van der Waals surface area contributed by atoms with Gasteiger partial charge in [-0.2, -0.15) is 0 Å². The van der Waals surface area contributed by atoms with Crippen LogP contribution in [0.25, 0.3) is 10.9 Å². The maximum atomic E-state index is 13.4. The molecule has 1 aromatic heterocycles. The number of hydrogen-bond acceptors (Lipinski definition) is 6. The molecule has 2 aromatic carbocycles. The summed E-state index contributed by atoms with van der Waals surface area (Å²) in [5.41, 5.74) is 0.167. The van der Waals surface area contributed by atoms with Crippen molar-refractivity contribution < 1.29 is 23.0 Å². The molecule has 1 N–H and O–H groups in total. The molecule has 1 saturated heterocycles. The minimum absolute atomic E-state index is 0.0107. The van der Waals surface area contributed by atoms with Crippen LogP contribution in [0, 0.1) is 0 Å². The van der Waals surface area contributed by atoms with Crippen molar-refractivity contribution in [2.75, 3.05) is 40.7 Å². The Morgan fingerprint density at radius 1 is 1.03 bits per heavy atom. The Kier molecular flexibility index (Phi) is 6.64. The first-order chi connectivity index (χ1) is 16.0. The predicted molar refractivity (Wildman–Crippen MR) is 119 cm³/mol. The Balaban J connectivity index is 1.84. The molecule has 0 bridgehead atoms. The second-order valence-electron chi connectivity index (χ2n) is 7.77. The van der Waals surface area contributed by atoms with E-state index < -0.39 is 30.7 Å². The van der Waals surface area contributed by atoms with Crippen molar-refractivity contribution in [3.8, 4) is 17.2 Å². The van der Waals surface area contributed by atoms with Gasteiger partial charge >= 0.3 is 5.69 Å². The van der Waals surface area contributed by atoms with E-state index in [1.165, 1.54) is 26.4 Å². The van der Waals surface area contributed by atoms with Crippen LogP contribution in [0.4, 0.5) is 8.78 Å². The number of aromatic nitrogens is 2. The smallest absolute Gasteiger partial charge is 0.332 e. The third-order valence-electron chi connectivity index (χ3n) is 5.70. The van der Waals surface area contributed by atoms with Gasteiger partial charge in [-0.05, 0) is 35.9 Å². The van der Waals surface area contributed by atoms with Gasteiger partial charge in [-0.1, -0.05) is 6.07 Å². The molecule has 176 valence electrons. The van der Waals surface area contributed by atoms with Gasteiger partial charge in [0.2, 0.25) is 0 Å². The molecule has 0 unspecified atom stereocenters. The third-order valence-corrected chi connectivity index (χ3v) is 5.70. The molecular weight excluding hydrogens is 436 g/mol. The van der Waals surface area contributed by atoms with E-state index in [4.69, 9.17) is 14.2 Å². The number of methoxy groups -OCH3 is 2. The minimum Gasteiger partial charge on any atom is -0.493 e. The number of hydrogen-bond donors (Lipinski definition) is 1. The summed E-state index contributed by atoms with van der Waals surface area (Å²) in [6.45, 7) is -0.797. The third kappa shape index (κ3) is 4.30. The first-order valence-electron chi connectivity index (χ1n) is 10.5. The molecule has 8 nitrogen and oxygen atoms in total. The van der Waals surface area contributed by atoms with Gasteiger partial charge < -0.3 is 19.5 Å². The highest BCUT2D eigenvalue weighted by Crippen LogP contribution is 2.28. The molecule has 0 spiro atoms. The van der Waals surface area contributed by atoms with E-state index in [2.05, 4.69) is 5.32 Å². The summed E-state index contributed by atoms with van der Waals surface area (Å²) < 4.78 is 44.5. The lowest BCUT2D eigenvalue weighted by Gasteiger charge is -2.30. The quantitative estimate of drug-likeness (QED) is 0.525. The topological polar surface area (TPSA) is 83.7 Å². The monoisotopic (exact) mass is 461 g/mol. The summed E-state index contributed by atoms with van der Waals surface area (Å²) in [7, 11) is 3.02. The van der Waals surface area contributed by atoms with Gasteiger partial charge in [0.15, 0.2) is 17.6 Å². The van der Waals surface area contributed by atoms with E-state index in [1.54, 1.807) is 28.8 Å². The molecule has 3 aromatic rings. The molecule has 0 aliphatic carbocycles. The minimum atomic E-state index is -1.25. The summed E-state index contributed by atoms with van der Waals surface area (Å²) in [5, 5.41) is 3.36. The number of benzene rings is 2. The largest absolute Gasteiger partial charge is 0.493 e. The number of nitrogens with zero attached hydrogens (tertiary/aromatic N) is 2. The molecule has 1 fully saturated rings. The van der Waals surface area contributed by atoms with Crippen molar-refractivity contribution in [2.45, 2.75) is 18.7 Å². The molecule has 4 rings (SSSR count). The highest BCUT2D eigenvalue weighted by Gasteiger charge is 2.25.